The molecule has 0 spiro atoms. The van der Waals surface area contributed by atoms with Crippen LogP contribution >= 0.6 is 0 Å². The number of rotatable bonds is 6. The Morgan fingerprint density at radius 3 is 2.62 bits per heavy atom. The summed E-state index contributed by atoms with van der Waals surface area (Å²) in [4.78, 5) is 10.7. The first-order chi connectivity index (χ1) is 6.02. The zero-order valence-corrected chi connectivity index (χ0v) is 9.63. The van der Waals surface area contributed by atoms with Crippen LogP contribution in [-0.2, 0) is 14.0 Å². The molecule has 0 heterocycles. The number of ether oxygens (including phenoxy) is 1. The van der Waals surface area contributed by atoms with Crippen LogP contribution in [0.2, 0.25) is 19.1 Å². The van der Waals surface area contributed by atoms with Crippen LogP contribution in [0.3, 0.4) is 0 Å². The van der Waals surface area contributed by atoms with Crippen LogP contribution in [0.1, 0.15) is 6.92 Å². The van der Waals surface area contributed by atoms with Crippen LogP contribution in [0.15, 0.2) is 12.7 Å². The molecule has 4 heteroatoms. The summed E-state index contributed by atoms with van der Waals surface area (Å²) in [6.07, 6.45) is 1.18. The zero-order chi connectivity index (χ0) is 10.3. The van der Waals surface area contributed by atoms with Gasteiger partial charge >= 0.3 is 5.97 Å². The van der Waals surface area contributed by atoms with Gasteiger partial charge < -0.3 is 9.16 Å². The molecule has 0 atom stereocenters. The lowest BCUT2D eigenvalue weighted by atomic mass is 10.6. The second-order valence-corrected chi connectivity index (χ2v) is 7.62. The van der Waals surface area contributed by atoms with Gasteiger partial charge in [0.25, 0.3) is 0 Å². The van der Waals surface area contributed by atoms with E-state index >= 15 is 0 Å². The summed E-state index contributed by atoms with van der Waals surface area (Å²) in [5.74, 6) is -0.360. The predicted octanol–water partition coefficient (Wildman–Crippen LogP) is 1.96. The Morgan fingerprint density at radius 1 is 1.54 bits per heavy atom. The maximum Gasteiger partial charge on any atom is 0.330 e. The first kappa shape index (κ1) is 12.4. The molecule has 0 amide bonds. The highest BCUT2D eigenvalue weighted by atomic mass is 28.4. The molecule has 0 N–H and O–H groups in total. The fourth-order valence-electron chi connectivity index (χ4n) is 0.919. The lowest BCUT2D eigenvalue weighted by Gasteiger charge is -2.21. The fourth-order valence-corrected chi connectivity index (χ4v) is 2.44. The Hall–Kier alpha value is -0.613. The van der Waals surface area contributed by atoms with E-state index in [0.717, 1.165) is 12.7 Å². The third kappa shape index (κ3) is 6.54. The van der Waals surface area contributed by atoms with Crippen molar-refractivity contribution < 1.29 is 14.0 Å². The van der Waals surface area contributed by atoms with Gasteiger partial charge in [-0.05, 0) is 20.0 Å². The molecule has 0 aromatic heterocycles. The summed E-state index contributed by atoms with van der Waals surface area (Å²) < 4.78 is 10.4. The SMILES string of the molecule is C=CC(=O)OCC[Si](C)(C)OCC. The van der Waals surface area contributed by atoms with E-state index in [1.165, 1.54) is 6.08 Å². The molecule has 0 aromatic rings. The van der Waals surface area contributed by atoms with E-state index in [9.17, 15) is 4.79 Å². The van der Waals surface area contributed by atoms with Crippen molar-refractivity contribution in [3.63, 3.8) is 0 Å². The minimum absolute atomic E-state index is 0.360. The molecule has 0 radical (unpaired) electrons. The molecule has 0 aliphatic carbocycles. The summed E-state index contributed by atoms with van der Waals surface area (Å²) in [7, 11) is -1.59. The predicted molar refractivity (Wildman–Crippen MR) is 55.1 cm³/mol. The summed E-state index contributed by atoms with van der Waals surface area (Å²) >= 11 is 0. The zero-order valence-electron chi connectivity index (χ0n) is 8.63. The Labute approximate surface area is 80.9 Å². The molecule has 0 aliphatic heterocycles. The molecule has 0 rings (SSSR count). The molecule has 0 saturated heterocycles. The standard InChI is InChI=1S/C9H18O3Si/c1-5-9(10)11-7-8-13(3,4)12-6-2/h5H,1,6-8H2,2-4H3. The Morgan fingerprint density at radius 2 is 2.15 bits per heavy atom. The van der Waals surface area contributed by atoms with Gasteiger partial charge in [0.15, 0.2) is 8.32 Å². The van der Waals surface area contributed by atoms with Gasteiger partial charge in [0, 0.05) is 18.7 Å². The van der Waals surface area contributed by atoms with E-state index in [4.69, 9.17) is 9.16 Å². The second-order valence-electron chi connectivity index (χ2n) is 3.31. The molecule has 76 valence electrons. The monoisotopic (exact) mass is 202 g/mol. The average molecular weight is 202 g/mol. The number of carbonyl (C=O) groups is 1. The van der Waals surface area contributed by atoms with Crippen molar-refractivity contribution in [1.29, 1.82) is 0 Å². The van der Waals surface area contributed by atoms with Gasteiger partial charge in [-0.2, -0.15) is 0 Å². The summed E-state index contributed by atoms with van der Waals surface area (Å²) in [6.45, 7) is 10.7. The minimum atomic E-state index is -1.59. The Balaban J connectivity index is 3.62. The van der Waals surface area contributed by atoms with Crippen molar-refractivity contribution in [3.05, 3.63) is 12.7 Å². The van der Waals surface area contributed by atoms with Crippen molar-refractivity contribution >= 4 is 14.3 Å². The van der Waals surface area contributed by atoms with E-state index in [0.29, 0.717) is 6.61 Å². The van der Waals surface area contributed by atoms with Gasteiger partial charge in [-0.15, -0.1) is 0 Å². The highest BCUT2D eigenvalue weighted by Crippen LogP contribution is 2.10. The highest BCUT2D eigenvalue weighted by molar-refractivity contribution is 6.71. The third-order valence-electron chi connectivity index (χ3n) is 1.65. The smallest absolute Gasteiger partial charge is 0.330 e. The third-order valence-corrected chi connectivity index (χ3v) is 4.13. The highest BCUT2D eigenvalue weighted by Gasteiger charge is 2.21. The van der Waals surface area contributed by atoms with Crippen molar-refractivity contribution in [3.8, 4) is 0 Å². The van der Waals surface area contributed by atoms with Crippen molar-refractivity contribution in [2.24, 2.45) is 0 Å². The van der Waals surface area contributed by atoms with Crippen LogP contribution in [0, 0.1) is 0 Å². The molecule has 0 aromatic carbocycles. The first-order valence-electron chi connectivity index (χ1n) is 4.45. The number of hydrogen-bond donors (Lipinski definition) is 0. The molecule has 0 saturated carbocycles. The maximum absolute atomic E-state index is 10.7. The largest absolute Gasteiger partial charge is 0.463 e. The lowest BCUT2D eigenvalue weighted by molar-refractivity contribution is -0.137. The molecule has 3 nitrogen and oxygen atoms in total. The van der Waals surface area contributed by atoms with Crippen molar-refractivity contribution in [1.82, 2.24) is 0 Å². The molecule has 13 heavy (non-hydrogen) atoms. The van der Waals surface area contributed by atoms with Gasteiger partial charge in [-0.3, -0.25) is 0 Å². The normalized spacial score (nSPS) is 11.0. The molecule has 0 fully saturated rings. The van der Waals surface area contributed by atoms with Crippen LogP contribution < -0.4 is 0 Å². The van der Waals surface area contributed by atoms with E-state index in [2.05, 4.69) is 19.7 Å². The van der Waals surface area contributed by atoms with E-state index in [1.54, 1.807) is 0 Å². The lowest BCUT2D eigenvalue weighted by Crippen LogP contribution is -2.31. The topological polar surface area (TPSA) is 35.5 Å². The van der Waals surface area contributed by atoms with Crippen LogP contribution in [-0.4, -0.2) is 27.5 Å². The molecule has 0 unspecified atom stereocenters. The van der Waals surface area contributed by atoms with Crippen LogP contribution in [0.4, 0.5) is 0 Å². The second kappa shape index (κ2) is 5.94. The van der Waals surface area contributed by atoms with Gasteiger partial charge in [0.2, 0.25) is 0 Å². The summed E-state index contributed by atoms with van der Waals surface area (Å²) in [5.41, 5.74) is 0. The number of carbonyl (C=O) groups excluding carboxylic acids is 1. The number of hydrogen-bond acceptors (Lipinski definition) is 3. The van der Waals surface area contributed by atoms with Gasteiger partial charge in [0.05, 0.1) is 6.61 Å². The summed E-state index contributed by atoms with van der Waals surface area (Å²) in [5, 5.41) is 0. The van der Waals surface area contributed by atoms with E-state index < -0.39 is 8.32 Å². The van der Waals surface area contributed by atoms with Crippen molar-refractivity contribution in [2.75, 3.05) is 13.2 Å². The quantitative estimate of drug-likeness (QED) is 0.375. The van der Waals surface area contributed by atoms with Gasteiger partial charge in [-0.25, -0.2) is 4.79 Å². The molecule has 0 aliphatic rings. The maximum atomic E-state index is 10.7. The van der Waals surface area contributed by atoms with Crippen molar-refractivity contribution in [2.45, 2.75) is 26.1 Å². The van der Waals surface area contributed by atoms with Crippen LogP contribution in [0.5, 0.6) is 0 Å². The molecular weight excluding hydrogens is 184 g/mol. The fraction of sp³-hybridized carbons (Fsp3) is 0.667. The van der Waals surface area contributed by atoms with E-state index in [-0.39, 0.29) is 5.97 Å². The number of esters is 1. The average Bonchev–Trinajstić information content (AvgIpc) is 2.03. The van der Waals surface area contributed by atoms with Crippen LogP contribution in [0.25, 0.3) is 0 Å². The molecule has 0 bridgehead atoms. The van der Waals surface area contributed by atoms with E-state index in [1.807, 2.05) is 6.92 Å². The summed E-state index contributed by atoms with van der Waals surface area (Å²) in [6, 6.07) is 0.834. The van der Waals surface area contributed by atoms with Gasteiger partial charge in [-0.1, -0.05) is 6.58 Å². The Kier molecular flexibility index (Phi) is 5.66. The molecular formula is C9H18O3Si. The minimum Gasteiger partial charge on any atom is -0.463 e. The van der Waals surface area contributed by atoms with Gasteiger partial charge in [0.1, 0.15) is 0 Å². The Bertz CT molecular complexity index is 178. The first-order valence-corrected chi connectivity index (χ1v) is 7.56.